The molecule has 26 heavy (non-hydrogen) atoms. The lowest BCUT2D eigenvalue weighted by Crippen LogP contribution is -2.35. The van der Waals surface area contributed by atoms with Crippen molar-refractivity contribution in [2.24, 2.45) is 0 Å². The first kappa shape index (κ1) is 17.1. The maximum atomic E-state index is 11.1. The van der Waals surface area contributed by atoms with Crippen molar-refractivity contribution < 1.29 is 9.90 Å². The average Bonchev–Trinajstić information content (AvgIpc) is 2.76. The first-order chi connectivity index (χ1) is 12.5. The number of fused-ring (bicyclic) bond motifs is 3. The van der Waals surface area contributed by atoms with E-state index in [9.17, 15) is 4.79 Å². The molecule has 4 rings (SSSR count). The molecule has 2 atom stereocenters. The number of carboxylic acid groups (broad SMARTS) is 1. The zero-order chi connectivity index (χ0) is 18.3. The van der Waals surface area contributed by atoms with Crippen molar-refractivity contribution >= 4 is 11.7 Å². The van der Waals surface area contributed by atoms with E-state index in [4.69, 9.17) is 5.11 Å². The second kappa shape index (κ2) is 6.76. The third-order valence-electron chi connectivity index (χ3n) is 5.86. The molecular formula is C22H26N2O2. The highest BCUT2D eigenvalue weighted by molar-refractivity contribution is 5.87. The van der Waals surface area contributed by atoms with Gasteiger partial charge in [0.05, 0.1) is 5.56 Å². The van der Waals surface area contributed by atoms with Gasteiger partial charge in [-0.2, -0.15) is 0 Å². The van der Waals surface area contributed by atoms with E-state index in [1.165, 1.54) is 35.2 Å². The Kier molecular flexibility index (Phi) is 4.45. The second-order valence-electron chi connectivity index (χ2n) is 7.77. The van der Waals surface area contributed by atoms with Crippen molar-refractivity contribution in [3.63, 3.8) is 0 Å². The highest BCUT2D eigenvalue weighted by Gasteiger charge is 2.39. The summed E-state index contributed by atoms with van der Waals surface area (Å²) in [6, 6.07) is 14.7. The van der Waals surface area contributed by atoms with Crippen LogP contribution in [-0.4, -0.2) is 42.2 Å². The van der Waals surface area contributed by atoms with E-state index in [1.807, 2.05) is 12.1 Å². The number of nitrogens with zero attached hydrogens (tertiary/aromatic N) is 2. The molecule has 2 heterocycles. The minimum Gasteiger partial charge on any atom is -0.478 e. The molecule has 1 saturated heterocycles. The van der Waals surface area contributed by atoms with Gasteiger partial charge in [-0.25, -0.2) is 4.79 Å². The van der Waals surface area contributed by atoms with Crippen LogP contribution >= 0.6 is 0 Å². The largest absolute Gasteiger partial charge is 0.478 e. The molecule has 1 fully saturated rings. The van der Waals surface area contributed by atoms with Crippen LogP contribution in [0.5, 0.6) is 0 Å². The van der Waals surface area contributed by atoms with Gasteiger partial charge in [0.1, 0.15) is 0 Å². The highest BCUT2D eigenvalue weighted by atomic mass is 16.4. The summed E-state index contributed by atoms with van der Waals surface area (Å²) in [5, 5.41) is 9.11. The van der Waals surface area contributed by atoms with E-state index >= 15 is 0 Å². The maximum absolute atomic E-state index is 11.1. The predicted octanol–water partition coefficient (Wildman–Crippen LogP) is 3.89. The number of likely N-dealkylation sites (tertiary alicyclic amines) is 1. The molecule has 0 aromatic heterocycles. The molecule has 0 aliphatic carbocycles. The number of likely N-dealkylation sites (N-methyl/N-ethyl adjacent to an activating group) is 1. The van der Waals surface area contributed by atoms with Gasteiger partial charge in [-0.15, -0.1) is 0 Å². The fourth-order valence-corrected chi connectivity index (χ4v) is 4.56. The van der Waals surface area contributed by atoms with Crippen LogP contribution in [0.25, 0.3) is 0 Å². The lowest BCUT2D eigenvalue weighted by molar-refractivity contribution is 0.0697. The van der Waals surface area contributed by atoms with Gasteiger partial charge < -0.3 is 14.9 Å². The van der Waals surface area contributed by atoms with Crippen LogP contribution in [0.15, 0.2) is 42.5 Å². The summed E-state index contributed by atoms with van der Waals surface area (Å²) in [4.78, 5) is 16.1. The van der Waals surface area contributed by atoms with E-state index in [-0.39, 0.29) is 0 Å². The SMILES string of the molecule is Cc1ccc2c(c1)[C@@H]1CN(C)CCC[C@H]1N2Cc1ccc(C(=O)O)cc1. The minimum absolute atomic E-state index is 0.347. The Bertz CT molecular complexity index is 815. The molecule has 2 aromatic rings. The molecule has 4 nitrogen and oxygen atoms in total. The quantitative estimate of drug-likeness (QED) is 0.912. The molecule has 136 valence electrons. The number of carboxylic acids is 1. The number of aromatic carboxylic acids is 1. The van der Waals surface area contributed by atoms with Crippen LogP contribution in [0.1, 0.15) is 45.8 Å². The fourth-order valence-electron chi connectivity index (χ4n) is 4.56. The topological polar surface area (TPSA) is 43.8 Å². The zero-order valence-corrected chi connectivity index (χ0v) is 15.5. The number of aryl methyl sites for hydroxylation is 1. The predicted molar refractivity (Wildman–Crippen MR) is 104 cm³/mol. The van der Waals surface area contributed by atoms with Gasteiger partial charge in [0.2, 0.25) is 0 Å². The molecule has 0 amide bonds. The summed E-state index contributed by atoms with van der Waals surface area (Å²) in [7, 11) is 2.23. The summed E-state index contributed by atoms with van der Waals surface area (Å²) in [5.74, 6) is -0.318. The number of carbonyl (C=O) groups is 1. The summed E-state index contributed by atoms with van der Waals surface area (Å²) in [6.45, 7) is 5.27. The smallest absolute Gasteiger partial charge is 0.335 e. The summed E-state index contributed by atoms with van der Waals surface area (Å²) in [6.07, 6.45) is 2.43. The van der Waals surface area contributed by atoms with Crippen LogP contribution < -0.4 is 4.90 Å². The van der Waals surface area contributed by atoms with Gasteiger partial charge in [-0.1, -0.05) is 29.8 Å². The normalized spacial score (nSPS) is 22.6. The molecule has 0 saturated carbocycles. The lowest BCUT2D eigenvalue weighted by Gasteiger charge is -2.30. The molecule has 0 unspecified atom stereocenters. The van der Waals surface area contributed by atoms with E-state index < -0.39 is 5.97 Å². The van der Waals surface area contributed by atoms with Gasteiger partial charge in [0.15, 0.2) is 0 Å². The highest BCUT2D eigenvalue weighted by Crippen LogP contribution is 2.45. The molecule has 2 aliphatic heterocycles. The molecule has 4 heteroatoms. The molecule has 2 aromatic carbocycles. The Morgan fingerprint density at radius 3 is 2.69 bits per heavy atom. The van der Waals surface area contributed by atoms with Crippen molar-refractivity contribution in [2.45, 2.75) is 38.3 Å². The van der Waals surface area contributed by atoms with Gasteiger partial charge in [-0.3, -0.25) is 0 Å². The zero-order valence-electron chi connectivity index (χ0n) is 15.5. The Balaban J connectivity index is 1.67. The Morgan fingerprint density at radius 1 is 1.19 bits per heavy atom. The van der Waals surface area contributed by atoms with E-state index in [2.05, 4.69) is 42.0 Å². The fraction of sp³-hybridized carbons (Fsp3) is 0.409. The summed E-state index contributed by atoms with van der Waals surface area (Å²) < 4.78 is 0. The summed E-state index contributed by atoms with van der Waals surface area (Å²) >= 11 is 0. The molecule has 1 N–H and O–H groups in total. The lowest BCUT2D eigenvalue weighted by atomic mass is 9.92. The standard InChI is InChI=1S/C22H26N2O2/c1-15-5-10-21-18(12-15)19-14-23(2)11-3-4-20(19)24(21)13-16-6-8-17(9-7-16)22(25)26/h5-10,12,19-20H,3-4,11,13-14H2,1-2H3,(H,25,26)/t19-,20+/m0/s1. The molecule has 0 spiro atoms. The van der Waals surface area contributed by atoms with E-state index in [0.29, 0.717) is 17.5 Å². The van der Waals surface area contributed by atoms with Gasteiger partial charge in [0, 0.05) is 30.7 Å². The third-order valence-corrected chi connectivity index (χ3v) is 5.86. The first-order valence-corrected chi connectivity index (χ1v) is 9.41. The van der Waals surface area contributed by atoms with E-state index in [1.54, 1.807) is 12.1 Å². The molecule has 2 aliphatic rings. The van der Waals surface area contributed by atoms with Crippen LogP contribution in [0.3, 0.4) is 0 Å². The Morgan fingerprint density at radius 2 is 1.96 bits per heavy atom. The van der Waals surface area contributed by atoms with Crippen LogP contribution in [-0.2, 0) is 6.54 Å². The number of rotatable bonds is 3. The van der Waals surface area contributed by atoms with Crippen LogP contribution in [0, 0.1) is 6.92 Å². The monoisotopic (exact) mass is 350 g/mol. The van der Waals surface area contributed by atoms with Crippen molar-refractivity contribution in [3.05, 3.63) is 64.7 Å². The Labute approximate surface area is 155 Å². The summed E-state index contributed by atoms with van der Waals surface area (Å²) in [5.41, 5.74) is 5.66. The number of hydrogen-bond acceptors (Lipinski definition) is 3. The van der Waals surface area contributed by atoms with Crippen molar-refractivity contribution in [2.75, 3.05) is 25.0 Å². The minimum atomic E-state index is -0.870. The molecular weight excluding hydrogens is 324 g/mol. The van der Waals surface area contributed by atoms with Crippen molar-refractivity contribution in [3.8, 4) is 0 Å². The maximum Gasteiger partial charge on any atom is 0.335 e. The Hall–Kier alpha value is -2.33. The van der Waals surface area contributed by atoms with E-state index in [0.717, 1.165) is 19.6 Å². The van der Waals surface area contributed by atoms with Crippen LogP contribution in [0.4, 0.5) is 5.69 Å². The van der Waals surface area contributed by atoms with Crippen LogP contribution in [0.2, 0.25) is 0 Å². The third kappa shape index (κ3) is 3.10. The van der Waals surface area contributed by atoms with Gasteiger partial charge in [0.25, 0.3) is 0 Å². The van der Waals surface area contributed by atoms with Gasteiger partial charge >= 0.3 is 5.97 Å². The number of anilines is 1. The van der Waals surface area contributed by atoms with Crippen molar-refractivity contribution in [1.29, 1.82) is 0 Å². The van der Waals surface area contributed by atoms with Gasteiger partial charge in [-0.05, 0) is 62.7 Å². The number of benzene rings is 2. The van der Waals surface area contributed by atoms with Crippen molar-refractivity contribution in [1.82, 2.24) is 4.90 Å². The number of hydrogen-bond donors (Lipinski definition) is 1. The second-order valence-corrected chi connectivity index (χ2v) is 7.77. The average molecular weight is 350 g/mol. The molecule has 0 radical (unpaired) electrons. The molecule has 0 bridgehead atoms. The first-order valence-electron chi connectivity index (χ1n) is 9.41.